The maximum absolute atomic E-state index is 6.65. The number of nitrogens with zero attached hydrogens (tertiary/aromatic N) is 1. The Labute approximate surface area is 60.8 Å². The molecule has 2 nitrogen and oxygen atoms in total. The number of rotatable bonds is 4. The summed E-state index contributed by atoms with van der Waals surface area (Å²) in [7, 11) is 0. The molecule has 0 unspecified atom stereocenters. The fraction of sp³-hybridized carbons (Fsp3) is 0. The lowest BCUT2D eigenvalue weighted by molar-refractivity contribution is 1.45. The van der Waals surface area contributed by atoms with E-state index in [2.05, 4.69) is 18.2 Å². The van der Waals surface area contributed by atoms with Crippen molar-refractivity contribution in [2.75, 3.05) is 0 Å². The molecule has 0 aliphatic heterocycles. The molecule has 0 spiro atoms. The van der Waals surface area contributed by atoms with Crippen LogP contribution >= 0.6 is 0 Å². The summed E-state index contributed by atoms with van der Waals surface area (Å²) in [5.74, 6) is 0. The number of nitrogens with one attached hydrogen (secondary N) is 1. The third-order valence-electron chi connectivity index (χ3n) is 0.731. The minimum absolute atomic E-state index is 0.614. The van der Waals surface area contributed by atoms with E-state index in [9.17, 15) is 0 Å². The second-order valence-corrected chi connectivity index (χ2v) is 1.53. The standard InChI is InChI=1S/C8H10N2/c1-3-7-10-8(2)5-4-6-9/h3-7,9H,1-2H2/b5-4-,9-6?,10-7-. The Morgan fingerprint density at radius 1 is 1.50 bits per heavy atom. The molecule has 0 bridgehead atoms. The zero-order chi connectivity index (χ0) is 7.82. The molecule has 0 radical (unpaired) electrons. The van der Waals surface area contributed by atoms with Crippen molar-refractivity contribution in [1.82, 2.24) is 0 Å². The highest BCUT2D eigenvalue weighted by atomic mass is 14.7. The zero-order valence-electron chi connectivity index (χ0n) is 5.75. The first-order valence-corrected chi connectivity index (χ1v) is 2.82. The van der Waals surface area contributed by atoms with E-state index in [4.69, 9.17) is 5.41 Å². The zero-order valence-corrected chi connectivity index (χ0v) is 5.75. The Hall–Kier alpha value is -1.44. The van der Waals surface area contributed by atoms with E-state index in [-0.39, 0.29) is 0 Å². The van der Waals surface area contributed by atoms with Crippen molar-refractivity contribution < 1.29 is 0 Å². The summed E-state index contributed by atoms with van der Waals surface area (Å²) in [4.78, 5) is 3.85. The summed E-state index contributed by atoms with van der Waals surface area (Å²) >= 11 is 0. The van der Waals surface area contributed by atoms with Crippen LogP contribution in [0.5, 0.6) is 0 Å². The average Bonchev–Trinajstić information content (AvgIpc) is 1.97. The lowest BCUT2D eigenvalue weighted by Gasteiger charge is -1.83. The van der Waals surface area contributed by atoms with Crippen LogP contribution in [0.1, 0.15) is 0 Å². The van der Waals surface area contributed by atoms with E-state index in [1.807, 2.05) is 0 Å². The van der Waals surface area contributed by atoms with Crippen LogP contribution in [0.2, 0.25) is 0 Å². The molecule has 0 fully saturated rings. The Morgan fingerprint density at radius 3 is 2.70 bits per heavy atom. The van der Waals surface area contributed by atoms with Gasteiger partial charge in [0.05, 0.1) is 5.70 Å². The van der Waals surface area contributed by atoms with Crippen molar-refractivity contribution in [3.05, 3.63) is 37.1 Å². The molecule has 0 aliphatic carbocycles. The van der Waals surface area contributed by atoms with Crippen LogP contribution in [0.3, 0.4) is 0 Å². The fourth-order valence-corrected chi connectivity index (χ4v) is 0.351. The van der Waals surface area contributed by atoms with Gasteiger partial charge in [0.15, 0.2) is 0 Å². The molecule has 0 saturated carbocycles. The summed E-state index contributed by atoms with van der Waals surface area (Å²) in [5.41, 5.74) is 0.614. The van der Waals surface area contributed by atoms with Crippen molar-refractivity contribution in [3.8, 4) is 0 Å². The van der Waals surface area contributed by atoms with E-state index in [0.29, 0.717) is 5.70 Å². The van der Waals surface area contributed by atoms with Gasteiger partial charge in [0.1, 0.15) is 0 Å². The monoisotopic (exact) mass is 134 g/mol. The van der Waals surface area contributed by atoms with Gasteiger partial charge in [-0.05, 0) is 12.2 Å². The summed E-state index contributed by atoms with van der Waals surface area (Å²) in [5, 5.41) is 6.65. The molecular formula is C8H10N2. The molecule has 0 saturated heterocycles. The quantitative estimate of drug-likeness (QED) is 0.450. The van der Waals surface area contributed by atoms with Crippen molar-refractivity contribution >= 4 is 12.4 Å². The molecule has 10 heavy (non-hydrogen) atoms. The van der Waals surface area contributed by atoms with Crippen LogP contribution in [0.15, 0.2) is 42.1 Å². The topological polar surface area (TPSA) is 36.2 Å². The Bertz CT molecular complexity index is 167. The number of hydrogen-bond acceptors (Lipinski definition) is 2. The molecule has 2 heteroatoms. The molecule has 0 amide bonds. The minimum Gasteiger partial charge on any atom is -0.309 e. The lowest BCUT2D eigenvalue weighted by atomic mass is 10.4. The lowest BCUT2D eigenvalue weighted by Crippen LogP contribution is -1.69. The number of allylic oxidation sites excluding steroid dienone is 3. The molecular weight excluding hydrogens is 124 g/mol. The van der Waals surface area contributed by atoms with Crippen molar-refractivity contribution in [2.24, 2.45) is 4.99 Å². The van der Waals surface area contributed by atoms with Gasteiger partial charge in [-0.3, -0.25) is 4.99 Å². The van der Waals surface area contributed by atoms with Gasteiger partial charge in [-0.15, -0.1) is 0 Å². The van der Waals surface area contributed by atoms with Gasteiger partial charge in [0.2, 0.25) is 0 Å². The van der Waals surface area contributed by atoms with Gasteiger partial charge < -0.3 is 5.41 Å². The van der Waals surface area contributed by atoms with Gasteiger partial charge in [-0.1, -0.05) is 19.2 Å². The molecule has 0 rings (SSSR count). The summed E-state index contributed by atoms with van der Waals surface area (Å²) < 4.78 is 0. The highest BCUT2D eigenvalue weighted by Crippen LogP contribution is 1.91. The normalized spacial score (nSPS) is 10.4. The summed E-state index contributed by atoms with van der Waals surface area (Å²) in [6.07, 6.45) is 7.50. The Kier molecular flexibility index (Phi) is 4.87. The van der Waals surface area contributed by atoms with Crippen LogP contribution in [0, 0.1) is 5.41 Å². The van der Waals surface area contributed by atoms with Crippen molar-refractivity contribution in [3.63, 3.8) is 0 Å². The van der Waals surface area contributed by atoms with E-state index in [1.165, 1.54) is 6.21 Å². The Morgan fingerprint density at radius 2 is 2.20 bits per heavy atom. The van der Waals surface area contributed by atoms with E-state index < -0.39 is 0 Å². The largest absolute Gasteiger partial charge is 0.309 e. The molecule has 0 aliphatic rings. The number of aliphatic imine (C=N–C) groups is 1. The van der Waals surface area contributed by atoms with Gasteiger partial charge in [0.25, 0.3) is 0 Å². The van der Waals surface area contributed by atoms with Crippen molar-refractivity contribution in [2.45, 2.75) is 0 Å². The molecule has 0 atom stereocenters. The SMILES string of the molecule is C=C/C=N\C(=C)/C=C\C=N. The first kappa shape index (κ1) is 8.56. The average molecular weight is 134 g/mol. The maximum Gasteiger partial charge on any atom is 0.0558 e. The van der Waals surface area contributed by atoms with Crippen LogP contribution < -0.4 is 0 Å². The second kappa shape index (κ2) is 5.69. The molecule has 52 valence electrons. The highest BCUT2D eigenvalue weighted by Gasteiger charge is 1.75. The highest BCUT2D eigenvalue weighted by molar-refractivity contribution is 5.72. The van der Waals surface area contributed by atoms with E-state index in [0.717, 1.165) is 0 Å². The van der Waals surface area contributed by atoms with E-state index >= 15 is 0 Å². The molecule has 0 aromatic carbocycles. The minimum atomic E-state index is 0.614. The molecule has 0 heterocycles. The first-order valence-electron chi connectivity index (χ1n) is 2.82. The second-order valence-electron chi connectivity index (χ2n) is 1.53. The summed E-state index contributed by atoms with van der Waals surface area (Å²) in [6, 6.07) is 0. The smallest absolute Gasteiger partial charge is 0.0558 e. The third kappa shape index (κ3) is 4.71. The molecule has 0 aromatic rings. The third-order valence-corrected chi connectivity index (χ3v) is 0.731. The van der Waals surface area contributed by atoms with Gasteiger partial charge in [-0.2, -0.15) is 0 Å². The molecule has 1 N–H and O–H groups in total. The van der Waals surface area contributed by atoms with Crippen LogP contribution in [-0.4, -0.2) is 12.4 Å². The van der Waals surface area contributed by atoms with Crippen LogP contribution in [-0.2, 0) is 0 Å². The van der Waals surface area contributed by atoms with Crippen LogP contribution in [0.4, 0.5) is 0 Å². The van der Waals surface area contributed by atoms with Crippen molar-refractivity contribution in [1.29, 1.82) is 5.41 Å². The first-order chi connectivity index (χ1) is 4.81. The molecule has 0 aromatic heterocycles. The van der Waals surface area contributed by atoms with Gasteiger partial charge >= 0.3 is 0 Å². The van der Waals surface area contributed by atoms with E-state index in [1.54, 1.807) is 24.4 Å². The van der Waals surface area contributed by atoms with Crippen LogP contribution in [0.25, 0.3) is 0 Å². The summed E-state index contributed by atoms with van der Waals surface area (Å²) in [6.45, 7) is 7.05. The predicted molar refractivity (Wildman–Crippen MR) is 45.8 cm³/mol. The Balaban J connectivity index is 3.85. The van der Waals surface area contributed by atoms with Gasteiger partial charge in [0, 0.05) is 12.4 Å². The maximum atomic E-state index is 6.65. The predicted octanol–water partition coefficient (Wildman–Crippen LogP) is 1.96. The fourth-order valence-electron chi connectivity index (χ4n) is 0.351. The van der Waals surface area contributed by atoms with Gasteiger partial charge in [-0.25, -0.2) is 0 Å². The number of hydrogen-bond donors (Lipinski definition) is 1.